The molecule has 7 nitrogen and oxygen atoms in total. The Morgan fingerprint density at radius 2 is 1.76 bits per heavy atom. The Labute approximate surface area is 222 Å². The summed E-state index contributed by atoms with van der Waals surface area (Å²) in [7, 11) is 0. The van der Waals surface area contributed by atoms with Crippen molar-refractivity contribution in [3.8, 4) is 17.1 Å². The van der Waals surface area contributed by atoms with E-state index in [0.717, 1.165) is 83.4 Å². The number of nitrogens with zero attached hydrogens (tertiary/aromatic N) is 5. The summed E-state index contributed by atoms with van der Waals surface area (Å²) < 4.78 is 7.79. The van der Waals surface area contributed by atoms with E-state index in [0.29, 0.717) is 6.54 Å². The predicted molar refractivity (Wildman–Crippen MR) is 152 cm³/mol. The molecule has 0 unspecified atom stereocenters. The second-order valence-corrected chi connectivity index (χ2v) is 9.78. The zero-order chi connectivity index (χ0) is 25.9. The number of aryl methyl sites for hydroxylation is 2. The minimum absolute atomic E-state index is 0.706. The molecule has 0 saturated carbocycles. The number of fused-ring (bicyclic) bond motifs is 2. The van der Waals surface area contributed by atoms with E-state index in [1.54, 1.807) is 0 Å². The van der Waals surface area contributed by atoms with Gasteiger partial charge in [-0.05, 0) is 62.4 Å². The van der Waals surface area contributed by atoms with E-state index in [2.05, 4.69) is 81.3 Å². The second kappa shape index (κ2) is 10.7. The third-order valence-electron chi connectivity index (χ3n) is 6.98. The van der Waals surface area contributed by atoms with Crippen LogP contribution in [0.1, 0.15) is 11.3 Å². The van der Waals surface area contributed by atoms with Crippen molar-refractivity contribution < 1.29 is 4.74 Å². The Balaban J connectivity index is 1.51. The average Bonchev–Trinajstić information content (AvgIpc) is 2.94. The highest BCUT2D eigenvalue weighted by atomic mass is 16.5. The molecule has 0 spiro atoms. The van der Waals surface area contributed by atoms with Gasteiger partial charge >= 0.3 is 0 Å². The predicted octanol–water partition coefficient (Wildman–Crippen LogP) is 5.12. The monoisotopic (exact) mass is 504 g/mol. The first kappa shape index (κ1) is 24.3. The molecule has 38 heavy (non-hydrogen) atoms. The molecule has 0 bridgehead atoms. The molecule has 3 aliphatic rings. The SMILES string of the molecule is Cc1ccc(-n2c3cc(=NCCN4CCOCC4)c(Nc4ccc(C)nc4)cc-3nc3ccccc32)cc1. The molecule has 0 amide bonds. The van der Waals surface area contributed by atoms with Gasteiger partial charge in [0.2, 0.25) is 0 Å². The smallest absolute Gasteiger partial charge is 0.0900 e. The first-order valence-electron chi connectivity index (χ1n) is 13.2. The number of rotatable bonds is 6. The molecule has 2 aromatic carbocycles. The number of morpholine rings is 1. The highest BCUT2D eigenvalue weighted by molar-refractivity contribution is 5.84. The molecular weight excluding hydrogens is 472 g/mol. The summed E-state index contributed by atoms with van der Waals surface area (Å²) in [5.41, 5.74) is 9.08. The molecule has 3 heterocycles. The lowest BCUT2D eigenvalue weighted by Crippen LogP contribution is -2.38. The molecule has 1 aromatic heterocycles. The van der Waals surface area contributed by atoms with Crippen molar-refractivity contribution in [1.29, 1.82) is 0 Å². The van der Waals surface area contributed by atoms with E-state index >= 15 is 0 Å². The summed E-state index contributed by atoms with van der Waals surface area (Å²) in [6.45, 7) is 9.20. The third-order valence-corrected chi connectivity index (χ3v) is 6.98. The number of pyridine rings is 1. The van der Waals surface area contributed by atoms with Crippen molar-refractivity contribution in [1.82, 2.24) is 19.4 Å². The molecule has 1 saturated heterocycles. The lowest BCUT2D eigenvalue weighted by molar-refractivity contribution is 0.0394. The van der Waals surface area contributed by atoms with Crippen LogP contribution >= 0.6 is 0 Å². The molecule has 0 radical (unpaired) electrons. The van der Waals surface area contributed by atoms with Gasteiger partial charge in [0.05, 0.1) is 65.1 Å². The van der Waals surface area contributed by atoms with Crippen molar-refractivity contribution in [3.05, 3.63) is 95.6 Å². The number of nitrogens with one attached hydrogen (secondary N) is 1. The number of hydrogen-bond acceptors (Lipinski definition) is 6. The number of hydrogen-bond donors (Lipinski definition) is 1. The van der Waals surface area contributed by atoms with Crippen LogP contribution in [0.4, 0.5) is 11.4 Å². The molecule has 2 aliphatic heterocycles. The maximum absolute atomic E-state index is 5.51. The topological polar surface area (TPSA) is 67.6 Å². The summed E-state index contributed by atoms with van der Waals surface area (Å²) in [4.78, 5) is 17.0. The highest BCUT2D eigenvalue weighted by Gasteiger charge is 2.17. The van der Waals surface area contributed by atoms with Gasteiger partial charge in [-0.15, -0.1) is 0 Å². The zero-order valence-electron chi connectivity index (χ0n) is 21.9. The standard InChI is InChI=1S/C31H32N6O/c1-22-7-11-25(12-8-22)37-30-6-4-3-5-26(30)35-29-19-28(34-24-10-9-23(2)33-21-24)27(20-31(29)37)32-13-14-36-15-17-38-18-16-36/h3-12,19-21,34H,13-18H2,1-2H3. The molecule has 0 atom stereocenters. The van der Waals surface area contributed by atoms with E-state index in [-0.39, 0.29) is 0 Å². The van der Waals surface area contributed by atoms with Gasteiger partial charge in [-0.25, -0.2) is 4.98 Å². The van der Waals surface area contributed by atoms with Gasteiger partial charge in [0, 0.05) is 31.0 Å². The minimum atomic E-state index is 0.706. The first-order valence-corrected chi connectivity index (χ1v) is 13.2. The van der Waals surface area contributed by atoms with Gasteiger partial charge in [0.15, 0.2) is 0 Å². The van der Waals surface area contributed by atoms with E-state index in [4.69, 9.17) is 14.7 Å². The molecule has 7 heteroatoms. The van der Waals surface area contributed by atoms with E-state index in [9.17, 15) is 0 Å². The van der Waals surface area contributed by atoms with Crippen molar-refractivity contribution >= 4 is 22.4 Å². The summed E-state index contributed by atoms with van der Waals surface area (Å²) in [5.74, 6) is 0. The Bertz CT molecular complexity index is 1580. The van der Waals surface area contributed by atoms with Crippen molar-refractivity contribution in [2.24, 2.45) is 4.99 Å². The van der Waals surface area contributed by atoms with Crippen LogP contribution in [0.2, 0.25) is 0 Å². The van der Waals surface area contributed by atoms with Crippen LogP contribution < -0.4 is 10.7 Å². The molecule has 3 aromatic rings. The Kier molecular flexibility index (Phi) is 6.86. The molecular formula is C31H32N6O. The van der Waals surface area contributed by atoms with Crippen LogP contribution in [-0.2, 0) is 4.74 Å². The fourth-order valence-corrected chi connectivity index (χ4v) is 4.88. The van der Waals surface area contributed by atoms with Crippen LogP contribution in [0, 0.1) is 13.8 Å². The number of anilines is 2. The van der Waals surface area contributed by atoms with Crippen molar-refractivity contribution in [3.63, 3.8) is 0 Å². The number of benzene rings is 3. The van der Waals surface area contributed by atoms with Gasteiger partial charge in [-0.3, -0.25) is 14.9 Å². The average molecular weight is 505 g/mol. The summed E-state index contributed by atoms with van der Waals surface area (Å²) in [5, 5.41) is 4.46. The Morgan fingerprint density at radius 1 is 0.947 bits per heavy atom. The zero-order valence-corrected chi connectivity index (χ0v) is 21.9. The Morgan fingerprint density at radius 3 is 2.55 bits per heavy atom. The molecule has 1 aliphatic carbocycles. The lowest BCUT2D eigenvalue weighted by Gasteiger charge is -2.25. The first-order chi connectivity index (χ1) is 18.6. The van der Waals surface area contributed by atoms with Gasteiger partial charge in [-0.1, -0.05) is 29.8 Å². The van der Waals surface area contributed by atoms with E-state index in [1.165, 1.54) is 5.56 Å². The van der Waals surface area contributed by atoms with Gasteiger partial charge < -0.3 is 14.6 Å². The molecule has 192 valence electrons. The van der Waals surface area contributed by atoms with E-state index < -0.39 is 0 Å². The number of ether oxygens (including phenoxy) is 1. The summed E-state index contributed by atoms with van der Waals surface area (Å²) in [6, 6.07) is 25.3. The molecule has 6 rings (SSSR count). The normalized spacial score (nSPS) is 14.8. The van der Waals surface area contributed by atoms with Crippen LogP contribution in [0.15, 0.2) is 84.0 Å². The van der Waals surface area contributed by atoms with Gasteiger partial charge in [-0.2, -0.15) is 0 Å². The number of aromatic nitrogens is 3. The minimum Gasteiger partial charge on any atom is -0.379 e. The van der Waals surface area contributed by atoms with Crippen LogP contribution in [-0.4, -0.2) is 58.8 Å². The van der Waals surface area contributed by atoms with Crippen LogP contribution in [0.3, 0.4) is 0 Å². The summed E-state index contributed by atoms with van der Waals surface area (Å²) in [6.07, 6.45) is 1.86. The fourth-order valence-electron chi connectivity index (χ4n) is 4.88. The van der Waals surface area contributed by atoms with Gasteiger partial charge in [0.1, 0.15) is 0 Å². The highest BCUT2D eigenvalue weighted by Crippen LogP contribution is 2.30. The second-order valence-electron chi connectivity index (χ2n) is 9.78. The maximum atomic E-state index is 5.51. The third kappa shape index (κ3) is 5.16. The van der Waals surface area contributed by atoms with Crippen molar-refractivity contribution in [2.45, 2.75) is 13.8 Å². The lowest BCUT2D eigenvalue weighted by atomic mass is 10.1. The molecule has 1 N–H and O–H groups in total. The Hall–Kier alpha value is -4.07. The van der Waals surface area contributed by atoms with Crippen LogP contribution in [0.25, 0.3) is 28.1 Å². The van der Waals surface area contributed by atoms with Crippen LogP contribution in [0.5, 0.6) is 0 Å². The quantitative estimate of drug-likeness (QED) is 0.325. The number of para-hydroxylation sites is 2. The molecule has 1 fully saturated rings. The summed E-state index contributed by atoms with van der Waals surface area (Å²) >= 11 is 0. The van der Waals surface area contributed by atoms with Gasteiger partial charge in [0.25, 0.3) is 0 Å². The van der Waals surface area contributed by atoms with E-state index in [1.807, 2.05) is 31.3 Å². The largest absolute Gasteiger partial charge is 0.379 e. The fraction of sp³-hybridized carbons (Fsp3) is 0.258. The maximum Gasteiger partial charge on any atom is 0.0900 e. The van der Waals surface area contributed by atoms with Crippen molar-refractivity contribution in [2.75, 3.05) is 44.7 Å².